The molecule has 10 heteroatoms. The Labute approximate surface area is 219 Å². The Hall–Kier alpha value is -3.34. The molecular weight excluding hydrogens is 488 g/mol. The summed E-state index contributed by atoms with van der Waals surface area (Å²) in [5.41, 5.74) is 12.3. The third-order valence-corrected chi connectivity index (χ3v) is 9.05. The molecule has 194 valence electrons. The van der Waals surface area contributed by atoms with Crippen molar-refractivity contribution in [1.82, 2.24) is 14.5 Å². The minimum atomic E-state index is -2.14. The molecule has 3 N–H and O–H groups in total. The molecule has 37 heavy (non-hydrogen) atoms. The minimum absolute atomic E-state index is 0.0628. The maximum atomic E-state index is 12.3. The Balaban J connectivity index is 1.56. The summed E-state index contributed by atoms with van der Waals surface area (Å²) in [4.78, 5) is 20.8. The van der Waals surface area contributed by atoms with Gasteiger partial charge in [-0.3, -0.25) is 4.79 Å². The van der Waals surface area contributed by atoms with Crippen molar-refractivity contribution in [3.05, 3.63) is 54.4 Å². The number of fused-ring (bicyclic) bond motifs is 1. The van der Waals surface area contributed by atoms with E-state index in [1.54, 1.807) is 6.92 Å². The topological polar surface area (TPSA) is 126 Å². The van der Waals surface area contributed by atoms with Gasteiger partial charge in [0.15, 0.2) is 0 Å². The van der Waals surface area contributed by atoms with Crippen LogP contribution in [-0.2, 0) is 23.1 Å². The lowest BCUT2D eigenvalue weighted by Crippen LogP contribution is -2.54. The Bertz CT molecular complexity index is 1440. The van der Waals surface area contributed by atoms with Crippen LogP contribution in [0.3, 0.4) is 0 Å². The zero-order valence-corrected chi connectivity index (χ0v) is 22.0. The number of hydrogen-bond donors (Lipinski definition) is 2. The highest BCUT2D eigenvalue weighted by molar-refractivity contribution is 7.73. The molecule has 2 atom stereocenters. The molecule has 1 saturated heterocycles. The van der Waals surface area contributed by atoms with E-state index in [-0.39, 0.29) is 15.8 Å². The summed E-state index contributed by atoms with van der Waals surface area (Å²) < 4.78 is 26.7. The van der Waals surface area contributed by atoms with Gasteiger partial charge in [0.05, 0.1) is 24.2 Å². The van der Waals surface area contributed by atoms with Crippen molar-refractivity contribution in [2.45, 2.75) is 45.1 Å². The highest BCUT2D eigenvalue weighted by atomic mass is 32.2. The van der Waals surface area contributed by atoms with Gasteiger partial charge in [-0.1, -0.05) is 24.8 Å². The first-order valence-electron chi connectivity index (χ1n) is 12.5. The number of anilines is 2. The molecule has 3 aromatic rings. The van der Waals surface area contributed by atoms with E-state index in [9.17, 15) is 13.6 Å². The van der Waals surface area contributed by atoms with E-state index in [0.29, 0.717) is 36.6 Å². The van der Waals surface area contributed by atoms with Crippen molar-refractivity contribution in [3.8, 4) is 11.3 Å². The predicted molar refractivity (Wildman–Crippen MR) is 146 cm³/mol. The average Bonchev–Trinajstić information content (AvgIpc) is 3.50. The molecule has 3 heterocycles. The number of allylic oxidation sites excluding steroid dienone is 1. The number of amides is 1. The first kappa shape index (κ1) is 25.3. The fraction of sp³-hybridized carbons (Fsp3) is 0.370. The lowest BCUT2D eigenvalue weighted by atomic mass is 9.87. The molecule has 1 aliphatic heterocycles. The highest BCUT2D eigenvalue weighted by Gasteiger charge is 2.42. The second-order valence-corrected chi connectivity index (χ2v) is 11.2. The lowest BCUT2D eigenvalue weighted by molar-refractivity contribution is -0.821. The van der Waals surface area contributed by atoms with Gasteiger partial charge in [0.25, 0.3) is 5.91 Å². The molecule has 9 nitrogen and oxygen atoms in total. The van der Waals surface area contributed by atoms with Gasteiger partial charge in [0.2, 0.25) is 0 Å². The molecule has 0 saturated carbocycles. The fourth-order valence-corrected chi connectivity index (χ4v) is 6.85. The van der Waals surface area contributed by atoms with Crippen LogP contribution >= 0.6 is 0 Å². The average molecular weight is 521 g/mol. The Morgan fingerprint density at radius 1 is 1.24 bits per heavy atom. The SMILES string of the molecule is C=C(C)C(=O)Nc1ccc(-c2c(C3=CC[C@@H]([N+]4(S(=O)[O-])CCCC4)CC3)c3c(N)ncnc3n2C)cc1. The summed E-state index contributed by atoms with van der Waals surface area (Å²) in [5.74, 6) is 0.194. The molecule has 1 aliphatic carbocycles. The van der Waals surface area contributed by atoms with Gasteiger partial charge >= 0.3 is 0 Å². The Morgan fingerprint density at radius 3 is 2.54 bits per heavy atom. The van der Waals surface area contributed by atoms with E-state index >= 15 is 0 Å². The number of carbonyl (C=O) groups excluding carboxylic acids is 1. The summed E-state index contributed by atoms with van der Waals surface area (Å²) in [6, 6.07) is 7.72. The van der Waals surface area contributed by atoms with E-state index in [0.717, 1.165) is 59.1 Å². The van der Waals surface area contributed by atoms with E-state index in [1.807, 2.05) is 35.9 Å². The molecule has 0 spiro atoms. The highest BCUT2D eigenvalue weighted by Crippen LogP contribution is 2.44. The monoisotopic (exact) mass is 520 g/mol. The number of nitrogens with one attached hydrogen (secondary N) is 1. The van der Waals surface area contributed by atoms with E-state index in [1.165, 1.54) is 6.33 Å². The van der Waals surface area contributed by atoms with E-state index in [4.69, 9.17) is 5.73 Å². The maximum absolute atomic E-state index is 12.3. The number of hydrogen-bond acceptors (Lipinski definition) is 6. The summed E-state index contributed by atoms with van der Waals surface area (Å²) in [5, 5.41) is 3.65. The molecular formula is C27H32N6O3S. The number of quaternary nitrogens is 1. The molecule has 0 bridgehead atoms. The van der Waals surface area contributed by atoms with Crippen molar-refractivity contribution < 1.29 is 17.4 Å². The molecule has 1 unspecified atom stereocenters. The van der Waals surface area contributed by atoms with Gasteiger partial charge in [-0.05, 0) is 36.6 Å². The number of likely N-dealkylation sites (tertiary alicyclic amines) is 1. The third-order valence-electron chi connectivity index (χ3n) is 7.79. The second-order valence-electron chi connectivity index (χ2n) is 10.0. The van der Waals surface area contributed by atoms with Crippen LogP contribution in [0, 0.1) is 0 Å². The van der Waals surface area contributed by atoms with Crippen molar-refractivity contribution in [2.24, 2.45) is 7.05 Å². The molecule has 1 amide bonds. The Morgan fingerprint density at radius 2 is 1.95 bits per heavy atom. The van der Waals surface area contributed by atoms with Crippen molar-refractivity contribution in [2.75, 3.05) is 24.1 Å². The number of rotatable bonds is 6. The van der Waals surface area contributed by atoms with Gasteiger partial charge in [-0.25, -0.2) is 18.1 Å². The van der Waals surface area contributed by atoms with Crippen LogP contribution in [0.5, 0.6) is 0 Å². The van der Waals surface area contributed by atoms with E-state index < -0.39 is 11.3 Å². The number of nitrogens with zero attached hydrogens (tertiary/aromatic N) is 4. The normalized spacial score (nSPS) is 20.0. The maximum Gasteiger partial charge on any atom is 0.250 e. The van der Waals surface area contributed by atoms with Crippen LogP contribution in [0.2, 0.25) is 0 Å². The van der Waals surface area contributed by atoms with Crippen molar-refractivity contribution in [3.63, 3.8) is 0 Å². The van der Waals surface area contributed by atoms with Gasteiger partial charge in [0.1, 0.15) is 35.1 Å². The lowest BCUT2D eigenvalue weighted by Gasteiger charge is -2.42. The molecule has 1 fully saturated rings. The largest absolute Gasteiger partial charge is 0.724 e. The van der Waals surface area contributed by atoms with Crippen LogP contribution in [0.15, 0.2) is 48.8 Å². The van der Waals surface area contributed by atoms with Crippen molar-refractivity contribution in [1.29, 1.82) is 0 Å². The molecule has 5 rings (SSSR count). The van der Waals surface area contributed by atoms with Gasteiger partial charge < -0.3 is 20.2 Å². The summed E-state index contributed by atoms with van der Waals surface area (Å²) in [6.07, 6.45) is 7.78. The number of benzene rings is 1. The number of nitrogens with two attached hydrogens (primary N) is 1. The summed E-state index contributed by atoms with van der Waals surface area (Å²) in [7, 11) is 1.96. The molecule has 2 aliphatic rings. The Kier molecular flexibility index (Phi) is 6.74. The molecule has 1 aromatic carbocycles. The first-order chi connectivity index (χ1) is 17.7. The number of aromatic nitrogens is 3. The molecule has 2 aromatic heterocycles. The zero-order valence-electron chi connectivity index (χ0n) is 21.2. The standard InChI is InChI=1S/C27H32N6O3S/c1-17(2)27(34)31-20-10-6-19(7-11-20)24-22(23-25(28)29-16-30-26(23)32(24)3)18-8-12-21(13-9-18)33(37(35)36)14-4-5-15-33/h6-8,10-11,16,21H,1,4-5,9,12-15H2,2-3H3,(H3-,28,29,30,31,34,35,36)/t21-/m1/s1. The van der Waals surface area contributed by atoms with Crippen LogP contribution in [0.1, 0.15) is 44.6 Å². The predicted octanol–water partition coefficient (Wildman–Crippen LogP) is 4.07. The quantitative estimate of drug-likeness (QED) is 0.287. The second kappa shape index (κ2) is 9.85. The number of nitrogen functional groups attached to an aromatic ring is 1. The van der Waals surface area contributed by atoms with Crippen LogP contribution in [0.25, 0.3) is 27.9 Å². The van der Waals surface area contributed by atoms with Gasteiger partial charge in [-0.15, -0.1) is 0 Å². The summed E-state index contributed by atoms with van der Waals surface area (Å²) >= 11 is -2.14. The first-order valence-corrected chi connectivity index (χ1v) is 13.6. The fourth-order valence-electron chi connectivity index (χ4n) is 5.86. The third kappa shape index (κ3) is 4.39. The van der Waals surface area contributed by atoms with Gasteiger partial charge in [-0.2, -0.15) is 0 Å². The zero-order chi connectivity index (χ0) is 26.3. The van der Waals surface area contributed by atoms with Gasteiger partial charge in [0, 0.05) is 49.6 Å². The number of carbonyl (C=O) groups is 1. The van der Waals surface area contributed by atoms with Crippen LogP contribution < -0.4 is 11.1 Å². The number of aryl methyl sites for hydroxylation is 1. The molecule has 0 radical (unpaired) electrons. The smallest absolute Gasteiger partial charge is 0.250 e. The van der Waals surface area contributed by atoms with E-state index in [2.05, 4.69) is 27.9 Å². The van der Waals surface area contributed by atoms with Crippen LogP contribution in [-0.4, -0.2) is 52.2 Å². The van der Waals surface area contributed by atoms with Crippen molar-refractivity contribution >= 4 is 45.3 Å². The minimum Gasteiger partial charge on any atom is -0.724 e. The summed E-state index contributed by atoms with van der Waals surface area (Å²) in [6.45, 7) is 6.74. The van der Waals surface area contributed by atoms with Crippen LogP contribution in [0.4, 0.5) is 11.5 Å².